The standard InChI is InChI=1S/C23H31FN3O8P.C23H30FN2O9P/c1-5-13-32-20(29)16(3)26-36(31,35-17-9-7-6-8-10-17)33-14-18-19(28)23(4,24)21(34-18)27-12-11-15(2)25-22(27)30;1-4-12-32-21(30)15(2)25-36(31,35-17-8-6-5-7-9-17)33-14-18-20(29)23(3,24)22(34-18)26-11-10-16(27)13-19(26)28/h6-12,16,18-19,21,28H,5,13-14H2,1-4H3,(H,26,31);5-11,15,18,20,22,29H,4,12-14H2,1-3H3,(H,25,31)/t16-,18+,19+,21+,23+,36?;15-,18+,20+,22+,23+,36?/m00/s1. The molecule has 3 aromatic rings. The molecule has 4 N–H and O–H groups in total. The number of alkyl halides is 2. The molecule has 6 rings (SSSR count). The van der Waals surface area contributed by atoms with E-state index in [0.29, 0.717) is 18.5 Å². The summed E-state index contributed by atoms with van der Waals surface area (Å²) >= 11 is 0. The molecule has 1 amide bonds. The van der Waals surface area contributed by atoms with Crippen LogP contribution in [-0.4, -0.2) is 129 Å². The van der Waals surface area contributed by atoms with Crippen molar-refractivity contribution in [3.8, 4) is 11.5 Å². The predicted molar refractivity (Wildman–Crippen MR) is 251 cm³/mol. The van der Waals surface area contributed by atoms with Crippen molar-refractivity contribution in [2.24, 2.45) is 0 Å². The highest BCUT2D eigenvalue weighted by Gasteiger charge is 2.58. The summed E-state index contributed by atoms with van der Waals surface area (Å²) in [6.45, 7) is 9.38. The molecule has 22 nitrogen and oxygen atoms in total. The van der Waals surface area contributed by atoms with Crippen LogP contribution in [0.25, 0.3) is 0 Å². The van der Waals surface area contributed by atoms with Crippen LogP contribution in [0.4, 0.5) is 8.78 Å². The summed E-state index contributed by atoms with van der Waals surface area (Å²) in [5.41, 5.74) is -5.16. The summed E-state index contributed by atoms with van der Waals surface area (Å²) in [7, 11) is -8.54. The number of aryl methyl sites for hydroxylation is 1. The number of aliphatic hydroxyl groups is 2. The van der Waals surface area contributed by atoms with Crippen molar-refractivity contribution in [3.63, 3.8) is 0 Å². The summed E-state index contributed by atoms with van der Waals surface area (Å²) in [4.78, 5) is 65.1. The SMILES string of the molecule is CCCOC(=O)[C@H](C)NP(=O)(OC[C@H]1O[C@@H](N2C=CC(=O)CC2=O)[C@](C)(F)[C@@H]1O)Oc1ccccc1.CCCOC(=O)[C@H](C)NP(=O)(OC[C@H]1O[C@@H](n2ccc(C)nc2=O)[C@](C)(F)[C@@H]1O)Oc1ccccc1. The Morgan fingerprint density at radius 1 is 0.778 bits per heavy atom. The van der Waals surface area contributed by atoms with E-state index in [1.54, 1.807) is 43.3 Å². The number of esters is 2. The van der Waals surface area contributed by atoms with E-state index >= 15 is 8.78 Å². The van der Waals surface area contributed by atoms with Crippen molar-refractivity contribution in [1.82, 2.24) is 24.6 Å². The summed E-state index contributed by atoms with van der Waals surface area (Å²) in [6.07, 6.45) is -5.00. The Morgan fingerprint density at radius 2 is 1.22 bits per heavy atom. The number of aliphatic hydroxyl groups excluding tert-OH is 2. The molecule has 3 aliphatic rings. The lowest BCUT2D eigenvalue weighted by Gasteiger charge is -2.32. The lowest BCUT2D eigenvalue weighted by molar-refractivity contribution is -0.150. The average Bonchev–Trinajstić information content (AvgIpc) is 3.69. The number of rotatable bonds is 22. The Bertz CT molecular complexity index is 2520. The number of ether oxygens (including phenoxy) is 4. The highest BCUT2D eigenvalue weighted by Crippen LogP contribution is 2.49. The number of carbonyl (C=O) groups is 4. The Morgan fingerprint density at radius 3 is 1.65 bits per heavy atom. The van der Waals surface area contributed by atoms with Gasteiger partial charge in [0.1, 0.15) is 48.0 Å². The second kappa shape index (κ2) is 25.1. The van der Waals surface area contributed by atoms with Crippen LogP contribution in [0.3, 0.4) is 0 Å². The molecular weight excluding hydrogens is 994 g/mol. The van der Waals surface area contributed by atoms with Gasteiger partial charge >= 0.3 is 33.1 Å². The van der Waals surface area contributed by atoms with Gasteiger partial charge in [-0.05, 0) is 83.9 Å². The van der Waals surface area contributed by atoms with Gasteiger partial charge in [-0.2, -0.15) is 15.2 Å². The van der Waals surface area contributed by atoms with Gasteiger partial charge in [0.25, 0.3) is 0 Å². The number of nitrogens with zero attached hydrogens (tertiary/aromatic N) is 3. The fourth-order valence-electron chi connectivity index (χ4n) is 7.13. The van der Waals surface area contributed by atoms with Gasteiger partial charge in [-0.3, -0.25) is 37.7 Å². The Kier molecular flexibility index (Phi) is 20.1. The van der Waals surface area contributed by atoms with Crippen LogP contribution >= 0.6 is 15.5 Å². The number of hydrogen-bond donors (Lipinski definition) is 4. The number of halogens is 2. The third-order valence-corrected chi connectivity index (χ3v) is 14.3. The van der Waals surface area contributed by atoms with Gasteiger partial charge in [-0.15, -0.1) is 0 Å². The van der Waals surface area contributed by atoms with Gasteiger partial charge in [-0.1, -0.05) is 50.2 Å². The van der Waals surface area contributed by atoms with Crippen LogP contribution in [0, 0.1) is 6.92 Å². The Balaban J connectivity index is 0.000000267. The molecule has 396 valence electrons. The van der Waals surface area contributed by atoms with Crippen molar-refractivity contribution in [1.29, 1.82) is 0 Å². The quantitative estimate of drug-likeness (QED) is 0.0590. The average molecular weight is 1060 g/mol. The highest BCUT2D eigenvalue weighted by molar-refractivity contribution is 7.52. The van der Waals surface area contributed by atoms with E-state index in [0.717, 1.165) is 35.6 Å². The number of nitrogens with one attached hydrogen (secondary N) is 2. The molecule has 26 heteroatoms. The molecule has 2 fully saturated rings. The first kappa shape index (κ1) is 57.6. The first-order valence-corrected chi connectivity index (χ1v) is 26.0. The number of amides is 1. The number of allylic oxidation sites excluding steroid dienone is 1. The number of para-hydroxylation sites is 2. The fourth-order valence-corrected chi connectivity index (χ4v) is 10.1. The summed E-state index contributed by atoms with van der Waals surface area (Å²) in [5.74, 6) is -2.14. The molecule has 0 spiro atoms. The third kappa shape index (κ3) is 14.9. The maximum absolute atomic E-state index is 15.5. The number of ketones is 1. The maximum atomic E-state index is 15.5. The van der Waals surface area contributed by atoms with Crippen LogP contribution in [0.2, 0.25) is 0 Å². The highest BCUT2D eigenvalue weighted by atomic mass is 31.2. The summed E-state index contributed by atoms with van der Waals surface area (Å²) in [6, 6.07) is 15.4. The first-order chi connectivity index (χ1) is 33.9. The molecule has 2 aromatic carbocycles. The molecule has 2 saturated heterocycles. The number of benzene rings is 2. The number of aromatic nitrogens is 2. The van der Waals surface area contributed by atoms with Gasteiger partial charge < -0.3 is 38.2 Å². The van der Waals surface area contributed by atoms with Crippen molar-refractivity contribution in [3.05, 3.63) is 101 Å². The van der Waals surface area contributed by atoms with E-state index in [1.807, 2.05) is 13.8 Å². The Labute approximate surface area is 414 Å². The van der Waals surface area contributed by atoms with E-state index in [9.17, 15) is 43.3 Å². The molecule has 72 heavy (non-hydrogen) atoms. The van der Waals surface area contributed by atoms with Crippen molar-refractivity contribution in [2.45, 2.75) is 128 Å². The van der Waals surface area contributed by atoms with Crippen molar-refractivity contribution in [2.75, 3.05) is 26.4 Å². The summed E-state index contributed by atoms with van der Waals surface area (Å²) < 4.78 is 102. The first-order valence-electron chi connectivity index (χ1n) is 22.9. The second-order valence-electron chi connectivity index (χ2n) is 17.2. The van der Waals surface area contributed by atoms with Crippen LogP contribution in [0.15, 0.2) is 90.0 Å². The third-order valence-electron chi connectivity index (χ3n) is 11.0. The topological polar surface area (TPSA) is 279 Å². The van der Waals surface area contributed by atoms with Crippen LogP contribution in [-0.2, 0) is 56.3 Å². The molecule has 4 heterocycles. The van der Waals surface area contributed by atoms with E-state index in [-0.39, 0.29) is 24.7 Å². The fraction of sp³-hybridized carbons (Fsp3) is 0.522. The lowest BCUT2D eigenvalue weighted by Crippen LogP contribution is -2.51. The molecular formula is C46H61F2N5O17P2. The minimum Gasteiger partial charge on any atom is -0.465 e. The van der Waals surface area contributed by atoms with Crippen LogP contribution in [0.1, 0.15) is 72.7 Å². The van der Waals surface area contributed by atoms with Crippen molar-refractivity contribution >= 4 is 39.1 Å². The van der Waals surface area contributed by atoms with Gasteiger partial charge in [0.05, 0.1) is 32.8 Å². The van der Waals surface area contributed by atoms with E-state index in [4.69, 9.17) is 37.0 Å². The normalized spacial score (nSPS) is 27.4. The van der Waals surface area contributed by atoms with Crippen LogP contribution < -0.4 is 24.9 Å². The Hall–Kier alpha value is -5.26. The predicted octanol–water partition coefficient (Wildman–Crippen LogP) is 4.92. The molecule has 0 bridgehead atoms. The maximum Gasteiger partial charge on any atom is 0.459 e. The van der Waals surface area contributed by atoms with Crippen LogP contribution in [0.5, 0.6) is 11.5 Å². The van der Waals surface area contributed by atoms with E-state index < -0.39 is 125 Å². The van der Waals surface area contributed by atoms with Crippen molar-refractivity contribution < 1.29 is 84.3 Å². The smallest absolute Gasteiger partial charge is 0.459 e. The van der Waals surface area contributed by atoms with Gasteiger partial charge in [-0.25, -0.2) is 22.7 Å². The second-order valence-corrected chi connectivity index (χ2v) is 20.6. The number of hydrogen-bond acceptors (Lipinski definition) is 18. The molecule has 12 atom stereocenters. The molecule has 0 aliphatic carbocycles. The van der Waals surface area contributed by atoms with E-state index in [2.05, 4.69) is 15.2 Å². The van der Waals surface area contributed by atoms with Gasteiger partial charge in [0.2, 0.25) is 5.91 Å². The zero-order valence-electron chi connectivity index (χ0n) is 40.7. The minimum absolute atomic E-state index is 0.164. The van der Waals surface area contributed by atoms with Gasteiger partial charge in [0.15, 0.2) is 29.6 Å². The monoisotopic (exact) mass is 1060 g/mol. The largest absolute Gasteiger partial charge is 0.465 e. The van der Waals surface area contributed by atoms with E-state index in [1.165, 1.54) is 50.4 Å². The summed E-state index contributed by atoms with van der Waals surface area (Å²) in [5, 5.41) is 26.2. The zero-order valence-corrected chi connectivity index (χ0v) is 42.5. The minimum atomic E-state index is -4.28. The molecule has 2 unspecified atom stereocenters. The molecule has 3 aliphatic heterocycles. The van der Waals surface area contributed by atoms with Gasteiger partial charge in [0, 0.05) is 18.1 Å². The molecule has 1 aromatic heterocycles. The lowest BCUT2D eigenvalue weighted by atomic mass is 9.97. The number of carbonyl (C=O) groups excluding carboxylic acids is 4. The molecule has 0 saturated carbocycles. The zero-order chi connectivity index (χ0) is 53.0. The molecule has 0 radical (unpaired) electrons.